The van der Waals surface area contributed by atoms with Crippen molar-refractivity contribution >= 4 is 29.4 Å². The van der Waals surface area contributed by atoms with Gasteiger partial charge in [0.25, 0.3) is 0 Å². The van der Waals surface area contributed by atoms with Crippen LogP contribution in [-0.2, 0) is 4.79 Å². The van der Waals surface area contributed by atoms with E-state index in [1.807, 2.05) is 6.08 Å². The first kappa shape index (κ1) is 19.1. The topological polar surface area (TPSA) is 17.1 Å². The molecule has 19 heavy (non-hydrogen) atoms. The molecule has 0 aromatic carbocycles. The summed E-state index contributed by atoms with van der Waals surface area (Å²) >= 11 is 3.57. The molecule has 1 nitrogen and oxygen atoms in total. The molecule has 3 heteroatoms. The molecule has 1 unspecified atom stereocenters. The molecule has 0 radical (unpaired) electrons. The van der Waals surface area contributed by atoms with Gasteiger partial charge in [0.2, 0.25) is 0 Å². The molecular weight excluding hydrogens is 316 g/mol. The molecule has 0 saturated heterocycles. The van der Waals surface area contributed by atoms with E-state index in [2.05, 4.69) is 56.4 Å². The Morgan fingerprint density at radius 1 is 1.32 bits per heavy atom. The van der Waals surface area contributed by atoms with E-state index in [-0.39, 0.29) is 5.04 Å². The van der Waals surface area contributed by atoms with E-state index in [9.17, 15) is 4.79 Å². The van der Waals surface area contributed by atoms with Gasteiger partial charge in [0.1, 0.15) is 13.5 Å². The van der Waals surface area contributed by atoms with Gasteiger partial charge in [-0.2, -0.15) is 0 Å². The normalized spacial score (nSPS) is 14.2. The predicted molar refractivity (Wildman–Crippen MR) is 92.8 cm³/mol. The van der Waals surface area contributed by atoms with Crippen molar-refractivity contribution in [3.05, 3.63) is 12.7 Å². The van der Waals surface area contributed by atoms with E-state index >= 15 is 0 Å². The van der Waals surface area contributed by atoms with Gasteiger partial charge in [-0.1, -0.05) is 55.9 Å². The summed E-state index contributed by atoms with van der Waals surface area (Å²) in [6, 6.07) is 0. The molecule has 0 saturated carbocycles. The number of hydrogen-bond acceptors (Lipinski definition) is 1. The molecule has 0 spiro atoms. The molecule has 0 aromatic rings. The summed E-state index contributed by atoms with van der Waals surface area (Å²) in [6.07, 6.45) is 7.21. The van der Waals surface area contributed by atoms with Crippen molar-refractivity contribution in [3.63, 3.8) is 0 Å². The van der Waals surface area contributed by atoms with Crippen molar-refractivity contribution < 1.29 is 4.79 Å². The van der Waals surface area contributed by atoms with Crippen LogP contribution in [0.2, 0.25) is 18.1 Å². The molecule has 0 heterocycles. The summed E-state index contributed by atoms with van der Waals surface area (Å²) < 4.78 is 0. The van der Waals surface area contributed by atoms with Gasteiger partial charge in [0.15, 0.2) is 0 Å². The third kappa shape index (κ3) is 6.39. The zero-order chi connectivity index (χ0) is 15.1. The number of hydrogen-bond donors (Lipinski definition) is 0. The Kier molecular flexibility index (Phi) is 8.45. The average Bonchev–Trinajstić information content (AvgIpc) is 2.31. The average molecular weight is 347 g/mol. The number of carbonyl (C=O) groups excluding carboxylic acids is 1. The monoisotopic (exact) mass is 346 g/mol. The summed E-state index contributed by atoms with van der Waals surface area (Å²) in [5.41, 5.74) is 0. The molecule has 0 rings (SSSR count). The van der Waals surface area contributed by atoms with E-state index in [4.69, 9.17) is 0 Å². The Bertz CT molecular complexity index is 292. The second kappa shape index (κ2) is 8.41. The fraction of sp³-hybridized carbons (Fsp3) is 0.812. The van der Waals surface area contributed by atoms with Crippen LogP contribution in [0, 0.1) is 5.92 Å². The highest BCUT2D eigenvalue weighted by Gasteiger charge is 2.41. The third-order valence-electron chi connectivity index (χ3n) is 4.59. The van der Waals surface area contributed by atoms with Crippen molar-refractivity contribution in [2.24, 2.45) is 5.92 Å². The second-order valence-corrected chi connectivity index (χ2v) is 13.0. The smallest absolute Gasteiger partial charge is 0.132 e. The maximum Gasteiger partial charge on any atom is 0.132 e. The van der Waals surface area contributed by atoms with E-state index in [0.29, 0.717) is 11.3 Å². The van der Waals surface area contributed by atoms with Gasteiger partial charge in [-0.05, 0) is 36.6 Å². The van der Waals surface area contributed by atoms with Gasteiger partial charge in [-0.15, -0.1) is 6.58 Å². The van der Waals surface area contributed by atoms with Crippen LogP contribution in [0.3, 0.4) is 0 Å². The van der Waals surface area contributed by atoms with Gasteiger partial charge in [0, 0.05) is 11.8 Å². The van der Waals surface area contributed by atoms with Gasteiger partial charge in [-0.25, -0.2) is 0 Å². The molecule has 0 aromatic heterocycles. The van der Waals surface area contributed by atoms with Gasteiger partial charge < -0.3 is 4.79 Å². The largest absolute Gasteiger partial charge is 0.305 e. The highest BCUT2D eigenvalue weighted by Crippen LogP contribution is 2.37. The van der Waals surface area contributed by atoms with Crippen molar-refractivity contribution in [2.45, 2.75) is 71.0 Å². The maximum absolute atomic E-state index is 12.4. The summed E-state index contributed by atoms with van der Waals surface area (Å²) in [5.74, 6) is 0.685. The molecule has 0 N–H and O–H groups in total. The Morgan fingerprint density at radius 3 is 2.32 bits per heavy atom. The number of allylic oxidation sites excluding steroid dienone is 1. The summed E-state index contributed by atoms with van der Waals surface area (Å²) in [4.78, 5) is 12.4. The van der Waals surface area contributed by atoms with Crippen LogP contribution in [0.1, 0.15) is 52.9 Å². The van der Waals surface area contributed by atoms with Crippen LogP contribution in [0.25, 0.3) is 0 Å². The Hall–Kier alpha value is 0.107. The molecular formula is C16H31BrOSi. The second-order valence-electron chi connectivity index (χ2n) is 7.08. The molecule has 112 valence electrons. The van der Waals surface area contributed by atoms with E-state index in [1.54, 1.807) is 0 Å². The lowest BCUT2D eigenvalue weighted by Crippen LogP contribution is -2.46. The van der Waals surface area contributed by atoms with Gasteiger partial charge in [0.05, 0.1) is 0 Å². The SMILES string of the molecule is C=CCCC(CBr)CCCC(=O)[Si](C)(C)C(C)(C)C. The number of carbonyl (C=O) groups is 1. The Morgan fingerprint density at radius 2 is 1.89 bits per heavy atom. The first-order valence-corrected chi connectivity index (χ1v) is 11.5. The Balaban J connectivity index is 4.20. The standard InChI is InChI=1S/C16H31BrOSi/c1-7-8-10-14(13-17)11-9-12-15(18)19(5,6)16(2,3)4/h7,14H,1,8-13H2,2-6H3. The van der Waals surface area contributed by atoms with E-state index in [1.165, 1.54) is 6.42 Å². The third-order valence-corrected chi connectivity index (χ3v) is 10.9. The van der Waals surface area contributed by atoms with Crippen LogP contribution in [0.15, 0.2) is 12.7 Å². The maximum atomic E-state index is 12.4. The van der Waals surface area contributed by atoms with Crippen LogP contribution >= 0.6 is 15.9 Å². The number of halogens is 1. The van der Waals surface area contributed by atoms with Crippen LogP contribution in [-0.4, -0.2) is 18.8 Å². The van der Waals surface area contributed by atoms with Crippen molar-refractivity contribution in [1.82, 2.24) is 0 Å². The lowest BCUT2D eigenvalue weighted by molar-refractivity contribution is -0.113. The fourth-order valence-corrected chi connectivity index (χ4v) is 4.22. The summed E-state index contributed by atoms with van der Waals surface area (Å²) in [5, 5.41) is 1.74. The van der Waals surface area contributed by atoms with Crippen LogP contribution in [0.4, 0.5) is 0 Å². The number of rotatable bonds is 9. The minimum Gasteiger partial charge on any atom is -0.305 e. The molecule has 0 amide bonds. The highest BCUT2D eigenvalue weighted by molar-refractivity contribution is 9.09. The van der Waals surface area contributed by atoms with Gasteiger partial charge in [-0.3, -0.25) is 0 Å². The van der Waals surface area contributed by atoms with Crippen molar-refractivity contribution in [3.8, 4) is 0 Å². The molecule has 0 bridgehead atoms. The van der Waals surface area contributed by atoms with Crippen molar-refractivity contribution in [1.29, 1.82) is 0 Å². The molecule has 0 aliphatic rings. The first-order valence-electron chi connectivity index (χ1n) is 7.37. The predicted octanol–water partition coefficient (Wildman–Crippen LogP) is 5.75. The summed E-state index contributed by atoms with van der Waals surface area (Å²) in [6.45, 7) is 14.8. The van der Waals surface area contributed by atoms with E-state index in [0.717, 1.165) is 31.0 Å². The van der Waals surface area contributed by atoms with E-state index < -0.39 is 8.07 Å². The lowest BCUT2D eigenvalue weighted by atomic mass is 9.99. The minimum absolute atomic E-state index is 0.168. The quantitative estimate of drug-likeness (QED) is 0.295. The summed E-state index contributed by atoms with van der Waals surface area (Å²) in [7, 11) is -1.78. The highest BCUT2D eigenvalue weighted by atomic mass is 79.9. The lowest BCUT2D eigenvalue weighted by Gasteiger charge is -2.35. The molecule has 1 atom stereocenters. The Labute approximate surface area is 129 Å². The molecule has 0 aliphatic heterocycles. The fourth-order valence-electron chi connectivity index (χ4n) is 1.93. The van der Waals surface area contributed by atoms with Crippen LogP contribution in [0.5, 0.6) is 0 Å². The zero-order valence-corrected chi connectivity index (χ0v) is 16.0. The van der Waals surface area contributed by atoms with Crippen molar-refractivity contribution in [2.75, 3.05) is 5.33 Å². The number of alkyl halides is 1. The van der Waals surface area contributed by atoms with Crippen LogP contribution < -0.4 is 0 Å². The molecule has 0 aliphatic carbocycles. The minimum atomic E-state index is -1.78. The molecule has 0 fully saturated rings. The first-order chi connectivity index (χ1) is 8.66. The zero-order valence-electron chi connectivity index (χ0n) is 13.4. The van der Waals surface area contributed by atoms with Gasteiger partial charge >= 0.3 is 0 Å².